The van der Waals surface area contributed by atoms with Gasteiger partial charge in [0.1, 0.15) is 5.52 Å². The summed E-state index contributed by atoms with van der Waals surface area (Å²) in [4.78, 5) is 12.2. The maximum absolute atomic E-state index is 5.01. The van der Waals surface area contributed by atoms with Crippen molar-refractivity contribution in [2.24, 2.45) is 0 Å². The fourth-order valence-corrected chi connectivity index (χ4v) is 1.71. The van der Waals surface area contributed by atoms with Gasteiger partial charge in [0.15, 0.2) is 12.0 Å². The molecule has 4 nitrogen and oxygen atoms in total. The van der Waals surface area contributed by atoms with E-state index in [0.29, 0.717) is 0 Å². The van der Waals surface area contributed by atoms with Crippen LogP contribution in [0.4, 0.5) is 0 Å². The van der Waals surface area contributed by atoms with Crippen molar-refractivity contribution in [2.75, 3.05) is 0 Å². The maximum Gasteiger partial charge on any atom is 0.181 e. The van der Waals surface area contributed by atoms with Gasteiger partial charge in [0, 0.05) is 12.4 Å². The van der Waals surface area contributed by atoms with Crippen molar-refractivity contribution in [3.63, 3.8) is 0 Å². The Balaban J connectivity index is 0.000000117. The summed E-state index contributed by atoms with van der Waals surface area (Å²) in [5.41, 5.74) is 3.66. The molecule has 4 rings (SSSR count). The molecule has 0 unspecified atom stereocenters. The summed E-state index contributed by atoms with van der Waals surface area (Å²) in [7, 11) is 0. The van der Waals surface area contributed by atoms with Crippen LogP contribution in [0.3, 0.4) is 0 Å². The zero-order valence-corrected chi connectivity index (χ0v) is 10.1. The summed E-state index contributed by atoms with van der Waals surface area (Å²) in [5.74, 6) is 0. The standard InChI is InChI=1S/C8H6N2.C7H5NO/c1-2-4-8-7(3-1)9-5-6-10-8;1-2-4-7-6(3-1)8-5-9-7/h1-6H;1-5H. The van der Waals surface area contributed by atoms with E-state index in [1.807, 2.05) is 48.5 Å². The Morgan fingerprint density at radius 3 is 1.84 bits per heavy atom. The van der Waals surface area contributed by atoms with Gasteiger partial charge in [-0.3, -0.25) is 9.97 Å². The molecule has 0 saturated carbocycles. The van der Waals surface area contributed by atoms with Crippen molar-refractivity contribution in [2.45, 2.75) is 0 Å². The first-order chi connectivity index (χ1) is 9.43. The van der Waals surface area contributed by atoms with E-state index < -0.39 is 0 Å². The highest BCUT2D eigenvalue weighted by molar-refractivity contribution is 5.73. The first-order valence-corrected chi connectivity index (χ1v) is 5.87. The van der Waals surface area contributed by atoms with Crippen molar-refractivity contribution in [3.8, 4) is 0 Å². The summed E-state index contributed by atoms with van der Waals surface area (Å²) in [6, 6.07) is 15.5. The summed E-state index contributed by atoms with van der Waals surface area (Å²) in [5, 5.41) is 0. The number of benzene rings is 2. The molecule has 2 aromatic carbocycles. The number of oxazole rings is 1. The zero-order valence-electron chi connectivity index (χ0n) is 10.1. The number of para-hydroxylation sites is 4. The molecule has 19 heavy (non-hydrogen) atoms. The molecule has 2 heterocycles. The van der Waals surface area contributed by atoms with E-state index in [9.17, 15) is 0 Å². The van der Waals surface area contributed by atoms with Crippen LogP contribution < -0.4 is 0 Å². The second-order valence-electron chi connectivity index (χ2n) is 3.87. The van der Waals surface area contributed by atoms with Crippen LogP contribution in [0.1, 0.15) is 0 Å². The minimum Gasteiger partial charge on any atom is -0.443 e. The molecule has 0 saturated heterocycles. The van der Waals surface area contributed by atoms with Crippen LogP contribution in [0, 0.1) is 0 Å². The summed E-state index contributed by atoms with van der Waals surface area (Å²) < 4.78 is 5.01. The Morgan fingerprint density at radius 1 is 0.632 bits per heavy atom. The molecule has 2 aromatic heterocycles. The topological polar surface area (TPSA) is 51.8 Å². The van der Waals surface area contributed by atoms with Gasteiger partial charge in [-0.1, -0.05) is 24.3 Å². The predicted molar refractivity (Wildman–Crippen MR) is 73.5 cm³/mol. The average Bonchev–Trinajstić information content (AvgIpc) is 2.96. The second-order valence-corrected chi connectivity index (χ2v) is 3.87. The molecule has 0 aliphatic heterocycles. The molecule has 0 aliphatic rings. The maximum atomic E-state index is 5.01. The van der Waals surface area contributed by atoms with Gasteiger partial charge in [-0.2, -0.15) is 0 Å². The van der Waals surface area contributed by atoms with Crippen molar-refractivity contribution in [3.05, 3.63) is 67.3 Å². The van der Waals surface area contributed by atoms with Crippen LogP contribution in [-0.4, -0.2) is 15.0 Å². The normalized spacial score (nSPS) is 10.1. The Bertz CT molecular complexity index is 699. The number of nitrogens with zero attached hydrogens (tertiary/aromatic N) is 3. The predicted octanol–water partition coefficient (Wildman–Crippen LogP) is 3.46. The van der Waals surface area contributed by atoms with E-state index in [0.717, 1.165) is 22.1 Å². The van der Waals surface area contributed by atoms with E-state index in [1.54, 1.807) is 12.4 Å². The van der Waals surface area contributed by atoms with Gasteiger partial charge in [-0.25, -0.2) is 4.98 Å². The van der Waals surface area contributed by atoms with Gasteiger partial charge < -0.3 is 4.42 Å². The monoisotopic (exact) mass is 249 g/mol. The summed E-state index contributed by atoms with van der Waals surface area (Å²) in [6.45, 7) is 0. The van der Waals surface area contributed by atoms with Crippen LogP contribution in [0.25, 0.3) is 22.1 Å². The fourth-order valence-electron chi connectivity index (χ4n) is 1.71. The molecule has 4 aromatic rings. The van der Waals surface area contributed by atoms with Crippen LogP contribution >= 0.6 is 0 Å². The summed E-state index contributed by atoms with van der Waals surface area (Å²) >= 11 is 0. The van der Waals surface area contributed by atoms with Gasteiger partial charge in [0.05, 0.1) is 11.0 Å². The van der Waals surface area contributed by atoms with Crippen LogP contribution in [0.2, 0.25) is 0 Å². The highest BCUT2D eigenvalue weighted by Gasteiger charge is 1.91. The molecule has 4 heteroatoms. The molecule has 0 amide bonds. The van der Waals surface area contributed by atoms with Crippen LogP contribution in [0.5, 0.6) is 0 Å². The molecule has 0 radical (unpaired) electrons. The van der Waals surface area contributed by atoms with Crippen molar-refractivity contribution in [1.82, 2.24) is 15.0 Å². The lowest BCUT2D eigenvalue weighted by Crippen LogP contribution is -1.78. The third kappa shape index (κ3) is 2.57. The number of fused-ring (bicyclic) bond motifs is 2. The fraction of sp³-hybridized carbons (Fsp3) is 0. The minimum absolute atomic E-state index is 0.845. The third-order valence-corrected chi connectivity index (χ3v) is 2.61. The number of hydrogen-bond donors (Lipinski definition) is 0. The highest BCUT2D eigenvalue weighted by atomic mass is 16.3. The Kier molecular flexibility index (Phi) is 3.14. The molecule has 0 bridgehead atoms. The second kappa shape index (κ2) is 5.27. The zero-order chi connectivity index (χ0) is 12.9. The lowest BCUT2D eigenvalue weighted by atomic mass is 10.3. The third-order valence-electron chi connectivity index (χ3n) is 2.61. The highest BCUT2D eigenvalue weighted by Crippen LogP contribution is 2.09. The van der Waals surface area contributed by atoms with Gasteiger partial charge >= 0.3 is 0 Å². The van der Waals surface area contributed by atoms with Crippen molar-refractivity contribution < 1.29 is 4.42 Å². The molecule has 0 N–H and O–H groups in total. The average molecular weight is 249 g/mol. The van der Waals surface area contributed by atoms with Crippen LogP contribution in [0.15, 0.2) is 71.7 Å². The van der Waals surface area contributed by atoms with E-state index in [-0.39, 0.29) is 0 Å². The van der Waals surface area contributed by atoms with E-state index in [2.05, 4.69) is 15.0 Å². The lowest BCUT2D eigenvalue weighted by Gasteiger charge is -1.90. The Labute approximate surface area is 109 Å². The van der Waals surface area contributed by atoms with Crippen molar-refractivity contribution >= 4 is 22.1 Å². The molecule has 0 fully saturated rings. The Morgan fingerprint density at radius 2 is 1.21 bits per heavy atom. The van der Waals surface area contributed by atoms with E-state index in [4.69, 9.17) is 4.42 Å². The quantitative estimate of drug-likeness (QED) is 0.479. The van der Waals surface area contributed by atoms with Gasteiger partial charge in [0.2, 0.25) is 0 Å². The van der Waals surface area contributed by atoms with Crippen molar-refractivity contribution in [1.29, 1.82) is 0 Å². The van der Waals surface area contributed by atoms with Gasteiger partial charge in [-0.15, -0.1) is 0 Å². The number of aromatic nitrogens is 3. The van der Waals surface area contributed by atoms with E-state index in [1.165, 1.54) is 6.39 Å². The molecule has 0 spiro atoms. The van der Waals surface area contributed by atoms with Gasteiger partial charge in [0.25, 0.3) is 0 Å². The smallest absolute Gasteiger partial charge is 0.181 e. The summed E-state index contributed by atoms with van der Waals surface area (Å²) in [6.07, 6.45) is 4.84. The molecule has 0 atom stereocenters. The molecule has 92 valence electrons. The molecular weight excluding hydrogens is 238 g/mol. The minimum atomic E-state index is 0.845. The number of rotatable bonds is 0. The molecule has 0 aliphatic carbocycles. The number of hydrogen-bond acceptors (Lipinski definition) is 4. The van der Waals surface area contributed by atoms with E-state index >= 15 is 0 Å². The SMILES string of the molecule is c1ccc2nccnc2c1.c1ccc2ocnc2c1. The molecular formula is C15H11N3O. The first-order valence-electron chi connectivity index (χ1n) is 5.87. The lowest BCUT2D eigenvalue weighted by molar-refractivity contribution is 0.602. The first kappa shape index (κ1) is 11.3. The van der Waals surface area contributed by atoms with Gasteiger partial charge in [-0.05, 0) is 24.3 Å². The Hall–Kier alpha value is -2.75. The van der Waals surface area contributed by atoms with Crippen LogP contribution in [-0.2, 0) is 0 Å². The largest absolute Gasteiger partial charge is 0.443 e.